The molecule has 2 heterocycles. The van der Waals surface area contributed by atoms with E-state index in [4.69, 9.17) is 4.42 Å². The van der Waals surface area contributed by atoms with Crippen LogP contribution in [0.2, 0.25) is 0 Å². The van der Waals surface area contributed by atoms with Crippen molar-refractivity contribution in [2.75, 3.05) is 6.54 Å². The molecule has 2 aromatic carbocycles. The summed E-state index contributed by atoms with van der Waals surface area (Å²) in [5.74, 6) is -0.193. The zero-order chi connectivity index (χ0) is 25.9. The van der Waals surface area contributed by atoms with Gasteiger partial charge in [-0.05, 0) is 29.2 Å². The highest BCUT2D eigenvalue weighted by atomic mass is 19.1. The van der Waals surface area contributed by atoms with E-state index in [9.17, 15) is 14.0 Å². The summed E-state index contributed by atoms with van der Waals surface area (Å²) in [6, 6.07) is 12.7. The molecule has 1 atom stereocenters. The maximum absolute atomic E-state index is 13.4. The van der Waals surface area contributed by atoms with Crippen LogP contribution in [0.3, 0.4) is 0 Å². The molecule has 0 aliphatic rings. The van der Waals surface area contributed by atoms with Crippen LogP contribution in [0.15, 0.2) is 52.9 Å². The first-order valence-corrected chi connectivity index (χ1v) is 11.7. The number of para-hydroxylation sites is 1. The fraction of sp³-hybridized carbons (Fsp3) is 0.346. The van der Waals surface area contributed by atoms with Crippen molar-refractivity contribution in [3.05, 3.63) is 77.4 Å². The normalized spacial score (nSPS) is 12.5. The molecule has 0 radical (unpaired) electrons. The van der Waals surface area contributed by atoms with Crippen molar-refractivity contribution in [3.8, 4) is 0 Å². The first-order valence-electron chi connectivity index (χ1n) is 11.7. The Balaban J connectivity index is 1.52. The molecule has 10 heteroatoms. The molecule has 0 bridgehead atoms. The molecular weight excluding hydrogens is 463 g/mol. The summed E-state index contributed by atoms with van der Waals surface area (Å²) in [6.45, 7) is 7.99. The number of carbonyl (C=O) groups excluding carboxylic acids is 2. The maximum atomic E-state index is 13.4. The lowest BCUT2D eigenvalue weighted by Crippen LogP contribution is -2.54. The maximum Gasteiger partial charge on any atom is 0.273 e. The molecule has 0 fully saturated rings. The SMILES string of the molecule is Cc1nnc(CCNC(=O)[C@@H](NC(=O)c2nn(Cc3ccc(F)cc3)c3ccccc23)C(C)(C)C)o1. The monoisotopic (exact) mass is 492 g/mol. The van der Waals surface area contributed by atoms with Crippen molar-refractivity contribution in [3.63, 3.8) is 0 Å². The second-order valence-corrected chi connectivity index (χ2v) is 9.68. The highest BCUT2D eigenvalue weighted by Gasteiger charge is 2.34. The molecule has 0 saturated carbocycles. The number of rotatable bonds is 8. The first-order chi connectivity index (χ1) is 17.1. The number of benzene rings is 2. The number of aryl methyl sites for hydroxylation is 1. The largest absolute Gasteiger partial charge is 0.426 e. The van der Waals surface area contributed by atoms with Crippen LogP contribution in [0.5, 0.6) is 0 Å². The van der Waals surface area contributed by atoms with Crippen LogP contribution in [-0.2, 0) is 17.8 Å². The number of hydrogen-bond donors (Lipinski definition) is 2. The van der Waals surface area contributed by atoms with Gasteiger partial charge in [0.2, 0.25) is 17.7 Å². The number of aromatic nitrogens is 4. The van der Waals surface area contributed by atoms with Crippen molar-refractivity contribution in [2.24, 2.45) is 5.41 Å². The molecule has 0 saturated heterocycles. The van der Waals surface area contributed by atoms with Gasteiger partial charge in [0.05, 0.1) is 12.1 Å². The van der Waals surface area contributed by atoms with E-state index in [-0.39, 0.29) is 24.0 Å². The van der Waals surface area contributed by atoms with Gasteiger partial charge >= 0.3 is 0 Å². The lowest BCUT2D eigenvalue weighted by Gasteiger charge is -2.30. The van der Waals surface area contributed by atoms with Crippen LogP contribution in [0, 0.1) is 18.2 Å². The molecule has 4 rings (SSSR count). The Kier molecular flexibility index (Phi) is 7.14. The molecule has 0 spiro atoms. The lowest BCUT2D eigenvalue weighted by molar-refractivity contribution is -0.125. The second kappa shape index (κ2) is 10.3. The number of fused-ring (bicyclic) bond motifs is 1. The van der Waals surface area contributed by atoms with Gasteiger partial charge in [-0.2, -0.15) is 5.10 Å². The van der Waals surface area contributed by atoms with Gasteiger partial charge in [-0.25, -0.2) is 4.39 Å². The van der Waals surface area contributed by atoms with Gasteiger partial charge in [0, 0.05) is 25.3 Å². The minimum atomic E-state index is -0.810. The zero-order valence-electron chi connectivity index (χ0n) is 20.7. The van der Waals surface area contributed by atoms with Gasteiger partial charge < -0.3 is 15.1 Å². The van der Waals surface area contributed by atoms with Crippen molar-refractivity contribution >= 4 is 22.7 Å². The minimum absolute atomic E-state index is 0.219. The molecule has 0 unspecified atom stereocenters. The van der Waals surface area contributed by atoms with Gasteiger partial charge in [0.15, 0.2) is 5.69 Å². The molecule has 0 aliphatic carbocycles. The molecule has 0 aliphatic heterocycles. The summed E-state index contributed by atoms with van der Waals surface area (Å²) in [5, 5.41) is 18.6. The van der Waals surface area contributed by atoms with Crippen molar-refractivity contribution < 1.29 is 18.4 Å². The Bertz CT molecular complexity index is 1370. The summed E-state index contributed by atoms with van der Waals surface area (Å²) < 4.78 is 20.4. The summed E-state index contributed by atoms with van der Waals surface area (Å²) in [6.07, 6.45) is 0.385. The molecule has 9 nitrogen and oxygen atoms in total. The van der Waals surface area contributed by atoms with E-state index in [1.807, 2.05) is 45.0 Å². The average molecular weight is 493 g/mol. The first kappa shape index (κ1) is 25.0. The summed E-state index contributed by atoms with van der Waals surface area (Å²) in [7, 11) is 0. The second-order valence-electron chi connectivity index (χ2n) is 9.68. The number of halogens is 1. The molecule has 2 amide bonds. The van der Waals surface area contributed by atoms with E-state index in [0.717, 1.165) is 11.1 Å². The Morgan fingerprint density at radius 2 is 1.81 bits per heavy atom. The third kappa shape index (κ3) is 5.76. The number of amides is 2. The Morgan fingerprint density at radius 1 is 1.08 bits per heavy atom. The van der Waals surface area contributed by atoms with Gasteiger partial charge in [0.1, 0.15) is 11.9 Å². The predicted molar refractivity (Wildman–Crippen MR) is 132 cm³/mol. The third-order valence-electron chi connectivity index (χ3n) is 5.73. The third-order valence-corrected chi connectivity index (χ3v) is 5.73. The van der Waals surface area contributed by atoms with Gasteiger partial charge in [0.25, 0.3) is 5.91 Å². The van der Waals surface area contributed by atoms with E-state index in [2.05, 4.69) is 25.9 Å². The van der Waals surface area contributed by atoms with Gasteiger partial charge in [-0.3, -0.25) is 14.3 Å². The zero-order valence-corrected chi connectivity index (χ0v) is 20.7. The number of nitrogens with zero attached hydrogens (tertiary/aromatic N) is 4. The van der Waals surface area contributed by atoms with E-state index in [1.165, 1.54) is 12.1 Å². The minimum Gasteiger partial charge on any atom is -0.426 e. The summed E-state index contributed by atoms with van der Waals surface area (Å²) in [4.78, 5) is 26.4. The van der Waals surface area contributed by atoms with Gasteiger partial charge in [-0.1, -0.05) is 51.1 Å². The van der Waals surface area contributed by atoms with E-state index in [0.29, 0.717) is 30.1 Å². The van der Waals surface area contributed by atoms with Gasteiger partial charge in [-0.15, -0.1) is 10.2 Å². The van der Waals surface area contributed by atoms with Crippen LogP contribution in [0.1, 0.15) is 48.6 Å². The van der Waals surface area contributed by atoms with E-state index < -0.39 is 17.4 Å². The quantitative estimate of drug-likeness (QED) is 0.390. The highest BCUT2D eigenvalue weighted by Crippen LogP contribution is 2.23. The van der Waals surface area contributed by atoms with Crippen LogP contribution >= 0.6 is 0 Å². The van der Waals surface area contributed by atoms with E-state index >= 15 is 0 Å². The van der Waals surface area contributed by atoms with Crippen LogP contribution < -0.4 is 10.6 Å². The smallest absolute Gasteiger partial charge is 0.273 e. The molecule has 36 heavy (non-hydrogen) atoms. The highest BCUT2D eigenvalue weighted by molar-refractivity contribution is 6.06. The van der Waals surface area contributed by atoms with Crippen LogP contribution in [0.4, 0.5) is 4.39 Å². The Hall–Kier alpha value is -4.08. The summed E-state index contributed by atoms with van der Waals surface area (Å²) in [5.41, 5.74) is 1.27. The average Bonchev–Trinajstić information content (AvgIpc) is 3.41. The number of carbonyl (C=O) groups is 2. The fourth-order valence-electron chi connectivity index (χ4n) is 3.89. The summed E-state index contributed by atoms with van der Waals surface area (Å²) >= 11 is 0. The standard InChI is InChI=1S/C26H29FN6O3/c1-16-30-31-21(36-16)13-14-28-25(35)23(26(2,3)4)29-24(34)22-19-7-5-6-8-20(19)33(32-22)15-17-9-11-18(27)12-10-17/h5-12,23H,13-15H2,1-4H3,(H,28,35)(H,29,34)/t23-/m1/s1. The topological polar surface area (TPSA) is 115 Å². The molecule has 2 aromatic heterocycles. The number of hydrogen-bond acceptors (Lipinski definition) is 6. The number of nitrogens with one attached hydrogen (secondary N) is 2. The fourth-order valence-corrected chi connectivity index (χ4v) is 3.89. The van der Waals surface area contributed by atoms with Crippen molar-refractivity contribution in [2.45, 2.75) is 46.7 Å². The van der Waals surface area contributed by atoms with Crippen molar-refractivity contribution in [1.82, 2.24) is 30.6 Å². The molecule has 4 aromatic rings. The predicted octanol–water partition coefficient (Wildman–Crippen LogP) is 3.42. The lowest BCUT2D eigenvalue weighted by atomic mass is 9.86. The molecular formula is C26H29FN6O3. The Labute approximate surface area is 208 Å². The molecule has 188 valence electrons. The Morgan fingerprint density at radius 3 is 2.47 bits per heavy atom. The van der Waals surface area contributed by atoms with Crippen LogP contribution in [-0.4, -0.2) is 44.4 Å². The van der Waals surface area contributed by atoms with Crippen LogP contribution in [0.25, 0.3) is 10.9 Å². The van der Waals surface area contributed by atoms with E-state index in [1.54, 1.807) is 23.7 Å². The molecule has 2 N–H and O–H groups in total. The van der Waals surface area contributed by atoms with Crippen molar-refractivity contribution in [1.29, 1.82) is 0 Å².